The molecule has 11 heteroatoms. The minimum absolute atomic E-state index is 0.0444. The smallest absolute Gasteiger partial charge is 0.313 e. The standard InChI is InChI=1S/C28H24F6N4O/c1-17-7-5-6-8-21(17)22-14-24(38-10-9-35-16-38)36-15-23(22)37(4)25(39)26(2,3)18-11-19(27(29,30)31)13-20(12-18)28(32,33)34/h5-16H,1-4H3. The number of carbonyl (C=O) groups is 1. The SMILES string of the molecule is Cc1ccccc1-c1cc(-n2ccnc2)ncc1N(C)C(=O)C(C)(C)c1cc(C(F)(F)F)cc(C(F)(F)F)c1. The largest absolute Gasteiger partial charge is 0.416 e. The molecular weight excluding hydrogens is 522 g/mol. The molecule has 0 unspecified atom stereocenters. The summed E-state index contributed by atoms with van der Waals surface area (Å²) in [6, 6.07) is 10.3. The molecule has 0 aliphatic rings. The van der Waals surface area contributed by atoms with Crippen molar-refractivity contribution in [3.63, 3.8) is 0 Å². The number of pyridine rings is 1. The molecule has 204 valence electrons. The summed E-state index contributed by atoms with van der Waals surface area (Å²) in [6.07, 6.45) is -3.82. The Morgan fingerprint density at radius 1 is 0.872 bits per heavy atom. The van der Waals surface area contributed by atoms with Gasteiger partial charge >= 0.3 is 12.4 Å². The number of aromatic nitrogens is 3. The van der Waals surface area contributed by atoms with Gasteiger partial charge in [0.2, 0.25) is 5.91 Å². The van der Waals surface area contributed by atoms with E-state index >= 15 is 0 Å². The van der Waals surface area contributed by atoms with Gasteiger partial charge in [-0.3, -0.25) is 9.36 Å². The maximum atomic E-state index is 13.8. The molecule has 2 aromatic heterocycles. The predicted octanol–water partition coefficient (Wildman–Crippen LogP) is 7.22. The highest BCUT2D eigenvalue weighted by Crippen LogP contribution is 2.41. The number of carbonyl (C=O) groups excluding carboxylic acids is 1. The van der Waals surface area contributed by atoms with Crippen LogP contribution < -0.4 is 4.90 Å². The van der Waals surface area contributed by atoms with Gasteiger partial charge in [0, 0.05) is 25.0 Å². The maximum Gasteiger partial charge on any atom is 0.416 e. The van der Waals surface area contributed by atoms with Crippen LogP contribution in [0.15, 0.2) is 73.4 Å². The molecule has 4 rings (SSSR count). The molecule has 5 nitrogen and oxygen atoms in total. The average Bonchev–Trinajstić information content (AvgIpc) is 3.41. The van der Waals surface area contributed by atoms with Gasteiger partial charge in [0.15, 0.2) is 0 Å². The lowest BCUT2D eigenvalue weighted by atomic mass is 9.81. The number of imidazole rings is 1. The summed E-state index contributed by atoms with van der Waals surface area (Å²) in [4.78, 5) is 23.4. The van der Waals surface area contributed by atoms with Crippen molar-refractivity contribution in [2.45, 2.75) is 38.5 Å². The van der Waals surface area contributed by atoms with E-state index in [0.29, 0.717) is 29.2 Å². The van der Waals surface area contributed by atoms with Crippen molar-refractivity contribution in [1.29, 1.82) is 0 Å². The summed E-state index contributed by atoms with van der Waals surface area (Å²) >= 11 is 0. The molecule has 2 heterocycles. The fourth-order valence-electron chi connectivity index (χ4n) is 4.30. The number of hydrogen-bond donors (Lipinski definition) is 0. The lowest BCUT2D eigenvalue weighted by Crippen LogP contribution is -2.42. The zero-order chi connectivity index (χ0) is 28.8. The molecule has 0 aliphatic heterocycles. The lowest BCUT2D eigenvalue weighted by molar-refractivity contribution is -0.143. The van der Waals surface area contributed by atoms with Crippen molar-refractivity contribution in [1.82, 2.24) is 14.5 Å². The van der Waals surface area contributed by atoms with Crippen LogP contribution in [0, 0.1) is 6.92 Å². The van der Waals surface area contributed by atoms with Gasteiger partial charge < -0.3 is 4.90 Å². The van der Waals surface area contributed by atoms with E-state index in [1.807, 2.05) is 31.2 Å². The van der Waals surface area contributed by atoms with Crippen LogP contribution in [-0.2, 0) is 22.6 Å². The highest BCUT2D eigenvalue weighted by Gasteiger charge is 2.41. The number of nitrogens with zero attached hydrogens (tertiary/aromatic N) is 4. The Bertz CT molecular complexity index is 1480. The molecule has 0 fully saturated rings. The second-order valence-corrected chi connectivity index (χ2v) is 9.63. The van der Waals surface area contributed by atoms with E-state index in [-0.39, 0.29) is 6.07 Å². The first-order valence-corrected chi connectivity index (χ1v) is 11.7. The van der Waals surface area contributed by atoms with Gasteiger partial charge in [-0.2, -0.15) is 26.3 Å². The molecule has 0 bridgehead atoms. The second kappa shape index (κ2) is 9.87. The molecule has 2 aromatic carbocycles. The van der Waals surface area contributed by atoms with Crippen molar-refractivity contribution in [2.75, 3.05) is 11.9 Å². The van der Waals surface area contributed by atoms with E-state index in [1.54, 1.807) is 29.4 Å². The number of likely N-dealkylation sites (N-methyl/N-ethyl adjacent to an activating group) is 1. The minimum atomic E-state index is -5.04. The summed E-state index contributed by atoms with van der Waals surface area (Å²) in [6.45, 7) is 4.47. The number of halogens is 6. The minimum Gasteiger partial charge on any atom is -0.313 e. The average molecular weight is 547 g/mol. The van der Waals surface area contributed by atoms with E-state index in [4.69, 9.17) is 0 Å². The number of alkyl halides is 6. The molecule has 4 aromatic rings. The van der Waals surface area contributed by atoms with Crippen LogP contribution in [0.2, 0.25) is 0 Å². The Labute approximate surface area is 220 Å². The first-order valence-electron chi connectivity index (χ1n) is 11.7. The number of rotatable bonds is 5. The van der Waals surface area contributed by atoms with E-state index < -0.39 is 40.4 Å². The molecule has 0 atom stereocenters. The third-order valence-electron chi connectivity index (χ3n) is 6.58. The van der Waals surface area contributed by atoms with Crippen LogP contribution in [0.4, 0.5) is 32.0 Å². The molecule has 39 heavy (non-hydrogen) atoms. The van der Waals surface area contributed by atoms with E-state index in [0.717, 1.165) is 11.1 Å². The van der Waals surface area contributed by atoms with Crippen LogP contribution in [0.5, 0.6) is 0 Å². The number of amides is 1. The first kappa shape index (κ1) is 27.9. The molecule has 0 spiro atoms. The zero-order valence-electron chi connectivity index (χ0n) is 21.4. The van der Waals surface area contributed by atoms with Crippen molar-refractivity contribution in [3.05, 3.63) is 95.7 Å². The van der Waals surface area contributed by atoms with Crippen LogP contribution in [0.25, 0.3) is 16.9 Å². The topological polar surface area (TPSA) is 51.0 Å². The van der Waals surface area contributed by atoms with Gasteiger partial charge in [-0.1, -0.05) is 24.3 Å². The Kier molecular flexibility index (Phi) is 7.05. The van der Waals surface area contributed by atoms with Crippen LogP contribution in [-0.4, -0.2) is 27.5 Å². The summed E-state index contributed by atoms with van der Waals surface area (Å²) < 4.78 is 82.7. The van der Waals surface area contributed by atoms with Crippen LogP contribution in [0.3, 0.4) is 0 Å². The lowest BCUT2D eigenvalue weighted by Gasteiger charge is -2.32. The third kappa shape index (κ3) is 5.52. The predicted molar refractivity (Wildman–Crippen MR) is 134 cm³/mol. The van der Waals surface area contributed by atoms with Gasteiger partial charge in [0.05, 0.1) is 28.4 Å². The van der Waals surface area contributed by atoms with Crippen molar-refractivity contribution >= 4 is 11.6 Å². The van der Waals surface area contributed by atoms with Gasteiger partial charge in [0.25, 0.3) is 0 Å². The summed E-state index contributed by atoms with van der Waals surface area (Å²) in [5.41, 5.74) is -2.57. The molecule has 1 amide bonds. The van der Waals surface area contributed by atoms with E-state index in [9.17, 15) is 31.1 Å². The summed E-state index contributed by atoms with van der Waals surface area (Å²) in [7, 11) is 1.41. The highest BCUT2D eigenvalue weighted by atomic mass is 19.4. The zero-order valence-corrected chi connectivity index (χ0v) is 21.4. The molecule has 0 saturated heterocycles. The van der Waals surface area contributed by atoms with Gasteiger partial charge in [0.1, 0.15) is 12.1 Å². The fourth-order valence-corrected chi connectivity index (χ4v) is 4.30. The van der Waals surface area contributed by atoms with Crippen molar-refractivity contribution < 1.29 is 31.1 Å². The van der Waals surface area contributed by atoms with Gasteiger partial charge in [-0.25, -0.2) is 9.97 Å². The van der Waals surface area contributed by atoms with Crippen molar-refractivity contribution in [3.8, 4) is 16.9 Å². The fraction of sp³-hybridized carbons (Fsp3) is 0.250. The van der Waals surface area contributed by atoms with Crippen LogP contribution in [0.1, 0.15) is 36.1 Å². The Morgan fingerprint density at radius 2 is 1.46 bits per heavy atom. The van der Waals surface area contributed by atoms with E-state index in [1.165, 1.54) is 32.0 Å². The molecule has 0 radical (unpaired) electrons. The number of anilines is 1. The van der Waals surface area contributed by atoms with Gasteiger partial charge in [-0.15, -0.1) is 0 Å². The molecular formula is C28H24F6N4O. The highest BCUT2D eigenvalue weighted by molar-refractivity contribution is 6.03. The number of hydrogen-bond acceptors (Lipinski definition) is 3. The monoisotopic (exact) mass is 546 g/mol. The Hall–Kier alpha value is -4.15. The normalized spacial score (nSPS) is 12.5. The summed E-state index contributed by atoms with van der Waals surface area (Å²) in [5.74, 6) is -0.218. The molecule has 0 saturated carbocycles. The van der Waals surface area contributed by atoms with Crippen molar-refractivity contribution in [2.24, 2.45) is 0 Å². The number of benzene rings is 2. The quantitative estimate of drug-likeness (QED) is 0.249. The summed E-state index contributed by atoms with van der Waals surface area (Å²) in [5, 5.41) is 0. The molecule has 0 aliphatic carbocycles. The third-order valence-corrected chi connectivity index (χ3v) is 6.58. The first-order chi connectivity index (χ1) is 18.1. The van der Waals surface area contributed by atoms with Crippen LogP contribution >= 0.6 is 0 Å². The Balaban J connectivity index is 1.84. The second-order valence-electron chi connectivity index (χ2n) is 9.63. The molecule has 0 N–H and O–H groups in total. The maximum absolute atomic E-state index is 13.8. The van der Waals surface area contributed by atoms with E-state index in [2.05, 4.69) is 9.97 Å². The Morgan fingerprint density at radius 3 is 2.00 bits per heavy atom. The van der Waals surface area contributed by atoms with Gasteiger partial charge in [-0.05, 0) is 61.7 Å². The number of aryl methyl sites for hydroxylation is 1.